The Balaban J connectivity index is 2.20. The molecule has 1 fully saturated rings. The van der Waals surface area contributed by atoms with Crippen molar-refractivity contribution >= 4 is 5.82 Å². The molecule has 2 N–H and O–H groups in total. The van der Waals surface area contributed by atoms with Crippen molar-refractivity contribution in [1.82, 2.24) is 4.98 Å². The monoisotopic (exact) mass is 219 g/mol. The van der Waals surface area contributed by atoms with E-state index < -0.39 is 0 Å². The fraction of sp³-hybridized carbons (Fsp3) is 0.615. The quantitative estimate of drug-likeness (QED) is 0.828. The van der Waals surface area contributed by atoms with E-state index in [2.05, 4.69) is 35.9 Å². The highest BCUT2D eigenvalue weighted by Crippen LogP contribution is 2.31. The Hall–Kier alpha value is -1.09. The zero-order valence-electron chi connectivity index (χ0n) is 10.5. The highest BCUT2D eigenvalue weighted by Gasteiger charge is 2.29. The Labute approximate surface area is 97.7 Å². The number of anilines is 1. The Kier molecular flexibility index (Phi) is 2.89. The van der Waals surface area contributed by atoms with Gasteiger partial charge in [-0.3, -0.25) is 0 Å². The molecule has 0 spiro atoms. The molecule has 0 saturated carbocycles. The zero-order valence-corrected chi connectivity index (χ0v) is 10.5. The average molecular weight is 219 g/mol. The van der Waals surface area contributed by atoms with E-state index in [-0.39, 0.29) is 0 Å². The molecule has 3 nitrogen and oxygen atoms in total. The van der Waals surface area contributed by atoms with Gasteiger partial charge in [-0.2, -0.15) is 0 Å². The summed E-state index contributed by atoms with van der Waals surface area (Å²) in [5, 5.41) is 0. The van der Waals surface area contributed by atoms with Crippen molar-refractivity contribution < 1.29 is 0 Å². The maximum absolute atomic E-state index is 5.64. The predicted octanol–water partition coefficient (Wildman–Crippen LogP) is 2.09. The predicted molar refractivity (Wildman–Crippen MR) is 67.5 cm³/mol. The van der Waals surface area contributed by atoms with E-state index in [1.165, 1.54) is 6.42 Å². The fourth-order valence-corrected chi connectivity index (χ4v) is 2.28. The number of nitrogens with zero attached hydrogens (tertiary/aromatic N) is 2. The second kappa shape index (κ2) is 4.06. The Morgan fingerprint density at radius 2 is 2.19 bits per heavy atom. The molecule has 0 atom stereocenters. The van der Waals surface area contributed by atoms with Crippen LogP contribution < -0.4 is 10.6 Å². The maximum atomic E-state index is 5.64. The third-order valence-electron chi connectivity index (χ3n) is 3.40. The molecular formula is C13H21N3. The molecule has 2 heterocycles. The summed E-state index contributed by atoms with van der Waals surface area (Å²) in [5.74, 6) is 1.10. The van der Waals surface area contributed by atoms with E-state index in [0.29, 0.717) is 12.0 Å². The summed E-state index contributed by atoms with van der Waals surface area (Å²) in [6, 6.07) is 4.19. The summed E-state index contributed by atoms with van der Waals surface area (Å²) in [4.78, 5) is 7.01. The first-order valence-corrected chi connectivity index (χ1v) is 5.93. The van der Waals surface area contributed by atoms with E-state index in [9.17, 15) is 0 Å². The molecule has 1 saturated heterocycles. The van der Waals surface area contributed by atoms with Gasteiger partial charge in [0.15, 0.2) is 0 Å². The van der Waals surface area contributed by atoms with Gasteiger partial charge >= 0.3 is 0 Å². The summed E-state index contributed by atoms with van der Waals surface area (Å²) < 4.78 is 0. The number of hydrogen-bond acceptors (Lipinski definition) is 3. The normalized spacial score (nSPS) is 19.1. The van der Waals surface area contributed by atoms with Gasteiger partial charge in [-0.1, -0.05) is 19.9 Å². The lowest BCUT2D eigenvalue weighted by Gasteiger charge is -2.21. The SMILES string of the molecule is Cc1nc(N2CCC(C)(C)C2)ccc1CN. The molecule has 3 heteroatoms. The van der Waals surface area contributed by atoms with E-state index in [1.54, 1.807) is 0 Å². The molecule has 0 aromatic carbocycles. The summed E-state index contributed by atoms with van der Waals surface area (Å²) in [6.45, 7) is 9.45. The molecule has 1 aromatic heterocycles. The molecule has 0 amide bonds. The molecular weight excluding hydrogens is 198 g/mol. The number of aryl methyl sites for hydroxylation is 1. The van der Waals surface area contributed by atoms with Crippen molar-refractivity contribution in [2.75, 3.05) is 18.0 Å². The van der Waals surface area contributed by atoms with Gasteiger partial charge in [0.1, 0.15) is 5.82 Å². The van der Waals surface area contributed by atoms with Crippen molar-refractivity contribution in [3.8, 4) is 0 Å². The number of hydrogen-bond donors (Lipinski definition) is 1. The zero-order chi connectivity index (χ0) is 11.8. The lowest BCUT2D eigenvalue weighted by Crippen LogP contribution is -2.24. The number of aromatic nitrogens is 1. The van der Waals surface area contributed by atoms with Gasteiger partial charge in [0, 0.05) is 25.3 Å². The highest BCUT2D eigenvalue weighted by atomic mass is 15.2. The lowest BCUT2D eigenvalue weighted by molar-refractivity contribution is 0.418. The molecule has 16 heavy (non-hydrogen) atoms. The summed E-state index contributed by atoms with van der Waals surface area (Å²) in [7, 11) is 0. The molecule has 88 valence electrons. The van der Waals surface area contributed by atoms with Crippen LogP contribution in [-0.4, -0.2) is 18.1 Å². The van der Waals surface area contributed by atoms with Crippen molar-refractivity contribution in [2.24, 2.45) is 11.1 Å². The molecule has 0 radical (unpaired) electrons. The first-order chi connectivity index (χ1) is 7.52. The minimum Gasteiger partial charge on any atom is -0.356 e. The Morgan fingerprint density at radius 1 is 1.44 bits per heavy atom. The second-order valence-electron chi connectivity index (χ2n) is 5.45. The van der Waals surface area contributed by atoms with E-state index >= 15 is 0 Å². The standard InChI is InChI=1S/C13H21N3/c1-10-11(8-14)4-5-12(15-10)16-7-6-13(2,3)9-16/h4-5H,6-9,14H2,1-3H3. The van der Waals surface area contributed by atoms with Crippen molar-refractivity contribution in [1.29, 1.82) is 0 Å². The number of nitrogens with two attached hydrogens (primary N) is 1. The third kappa shape index (κ3) is 2.19. The van der Waals surface area contributed by atoms with Crippen LogP contribution in [0, 0.1) is 12.3 Å². The van der Waals surface area contributed by atoms with Crippen molar-refractivity contribution in [3.05, 3.63) is 23.4 Å². The summed E-state index contributed by atoms with van der Waals surface area (Å²) in [6.07, 6.45) is 1.24. The van der Waals surface area contributed by atoms with Crippen LogP contribution in [-0.2, 0) is 6.54 Å². The van der Waals surface area contributed by atoms with Gasteiger partial charge < -0.3 is 10.6 Å². The van der Waals surface area contributed by atoms with Gasteiger partial charge in [-0.05, 0) is 30.4 Å². The van der Waals surface area contributed by atoms with Crippen LogP contribution in [0.15, 0.2) is 12.1 Å². The number of pyridine rings is 1. The molecule has 1 aromatic rings. The minimum absolute atomic E-state index is 0.419. The molecule has 1 aliphatic rings. The topological polar surface area (TPSA) is 42.2 Å². The second-order valence-corrected chi connectivity index (χ2v) is 5.45. The smallest absolute Gasteiger partial charge is 0.128 e. The van der Waals surface area contributed by atoms with Crippen LogP contribution in [0.5, 0.6) is 0 Å². The molecule has 0 aliphatic carbocycles. The highest BCUT2D eigenvalue weighted by molar-refractivity contribution is 5.43. The molecule has 0 unspecified atom stereocenters. The minimum atomic E-state index is 0.419. The van der Waals surface area contributed by atoms with E-state index in [0.717, 1.165) is 30.2 Å². The Morgan fingerprint density at radius 3 is 2.69 bits per heavy atom. The van der Waals surface area contributed by atoms with Crippen LogP contribution in [0.25, 0.3) is 0 Å². The van der Waals surface area contributed by atoms with Crippen LogP contribution in [0.2, 0.25) is 0 Å². The van der Waals surface area contributed by atoms with Gasteiger partial charge in [0.2, 0.25) is 0 Å². The maximum Gasteiger partial charge on any atom is 0.128 e. The van der Waals surface area contributed by atoms with Crippen molar-refractivity contribution in [3.63, 3.8) is 0 Å². The van der Waals surface area contributed by atoms with E-state index in [1.807, 2.05) is 6.92 Å². The molecule has 0 bridgehead atoms. The van der Waals surface area contributed by atoms with Crippen LogP contribution >= 0.6 is 0 Å². The third-order valence-corrected chi connectivity index (χ3v) is 3.40. The van der Waals surface area contributed by atoms with Crippen LogP contribution in [0.4, 0.5) is 5.82 Å². The Bertz CT molecular complexity index is 385. The summed E-state index contributed by atoms with van der Waals surface area (Å²) >= 11 is 0. The average Bonchev–Trinajstić information content (AvgIpc) is 2.59. The molecule has 2 rings (SSSR count). The lowest BCUT2D eigenvalue weighted by atomic mass is 9.93. The largest absolute Gasteiger partial charge is 0.356 e. The fourth-order valence-electron chi connectivity index (χ4n) is 2.28. The van der Waals surface area contributed by atoms with Gasteiger partial charge in [0.25, 0.3) is 0 Å². The summed E-state index contributed by atoms with van der Waals surface area (Å²) in [5.41, 5.74) is 8.26. The van der Waals surface area contributed by atoms with Crippen LogP contribution in [0.1, 0.15) is 31.5 Å². The first kappa shape index (κ1) is 11.4. The number of rotatable bonds is 2. The molecule has 1 aliphatic heterocycles. The van der Waals surface area contributed by atoms with E-state index in [4.69, 9.17) is 5.73 Å². The van der Waals surface area contributed by atoms with Gasteiger partial charge in [0.05, 0.1) is 0 Å². The van der Waals surface area contributed by atoms with Crippen LogP contribution in [0.3, 0.4) is 0 Å². The first-order valence-electron chi connectivity index (χ1n) is 5.93. The van der Waals surface area contributed by atoms with Gasteiger partial charge in [-0.15, -0.1) is 0 Å². The van der Waals surface area contributed by atoms with Crippen molar-refractivity contribution in [2.45, 2.75) is 33.7 Å². The van der Waals surface area contributed by atoms with Gasteiger partial charge in [-0.25, -0.2) is 4.98 Å².